The molecule has 0 spiro atoms. The van der Waals surface area contributed by atoms with Crippen LogP contribution in [0, 0.1) is 13.8 Å². The van der Waals surface area contributed by atoms with E-state index in [9.17, 15) is 9.59 Å². The van der Waals surface area contributed by atoms with Crippen molar-refractivity contribution in [2.75, 3.05) is 11.9 Å². The highest BCUT2D eigenvalue weighted by atomic mass is 16.2. The Kier molecular flexibility index (Phi) is 5.56. The van der Waals surface area contributed by atoms with Crippen molar-refractivity contribution in [1.29, 1.82) is 0 Å². The minimum absolute atomic E-state index is 0.100. The molecule has 5 heteroatoms. The molecule has 0 saturated heterocycles. The van der Waals surface area contributed by atoms with E-state index in [1.807, 2.05) is 32.0 Å². The van der Waals surface area contributed by atoms with Gasteiger partial charge in [0.2, 0.25) is 5.91 Å². The summed E-state index contributed by atoms with van der Waals surface area (Å²) < 4.78 is 0. The highest BCUT2D eigenvalue weighted by molar-refractivity contribution is 5.85. The average molecular weight is 351 g/mol. The van der Waals surface area contributed by atoms with Crippen molar-refractivity contribution in [2.24, 2.45) is 0 Å². The number of fused-ring (bicyclic) bond motifs is 1. The van der Waals surface area contributed by atoms with Crippen molar-refractivity contribution in [2.45, 2.75) is 39.5 Å². The molecule has 136 valence electrons. The minimum atomic E-state index is -0.285. The molecule has 0 bridgehead atoms. The zero-order valence-electron chi connectivity index (χ0n) is 15.3. The molecule has 0 aliphatic heterocycles. The zero-order valence-corrected chi connectivity index (χ0v) is 15.3. The summed E-state index contributed by atoms with van der Waals surface area (Å²) in [6, 6.07) is 12.2. The zero-order chi connectivity index (χ0) is 18.5. The molecule has 0 radical (unpaired) electrons. The molecule has 1 aliphatic rings. The fourth-order valence-electron chi connectivity index (χ4n) is 3.34. The lowest BCUT2D eigenvalue weighted by Crippen LogP contribution is -2.44. The van der Waals surface area contributed by atoms with E-state index in [4.69, 9.17) is 0 Å². The molecule has 0 aromatic heterocycles. The standard InChI is InChI=1S/C21H25N3O2/c1-14-6-9-19(15(2)10-14)22-13-21(26)24-23-20(25)12-16-7-8-17-4-3-5-18(17)11-16/h6-11,22H,3-5,12-13H2,1-2H3,(H,23,25)(H,24,26). The molecule has 1 aliphatic carbocycles. The monoisotopic (exact) mass is 351 g/mol. The number of anilines is 1. The number of hydrazine groups is 1. The lowest BCUT2D eigenvalue weighted by molar-refractivity contribution is -0.127. The molecule has 0 unspecified atom stereocenters. The summed E-state index contributed by atoms with van der Waals surface area (Å²) in [5.41, 5.74) is 11.8. The Labute approximate surface area is 154 Å². The molecule has 2 amide bonds. The highest BCUT2D eigenvalue weighted by Gasteiger charge is 2.12. The van der Waals surface area contributed by atoms with E-state index < -0.39 is 0 Å². The Bertz CT molecular complexity index is 830. The second-order valence-corrected chi connectivity index (χ2v) is 6.90. The number of rotatable bonds is 5. The van der Waals surface area contributed by atoms with E-state index in [0.29, 0.717) is 0 Å². The lowest BCUT2D eigenvalue weighted by Gasteiger charge is -2.11. The van der Waals surface area contributed by atoms with Crippen LogP contribution < -0.4 is 16.2 Å². The number of carbonyl (C=O) groups is 2. The molecule has 0 saturated carbocycles. The molecule has 0 fully saturated rings. The summed E-state index contributed by atoms with van der Waals surface area (Å²) >= 11 is 0. The first kappa shape index (κ1) is 18.0. The number of benzene rings is 2. The van der Waals surface area contributed by atoms with Gasteiger partial charge >= 0.3 is 0 Å². The Morgan fingerprint density at radius 2 is 1.69 bits per heavy atom. The molecule has 0 atom stereocenters. The number of carbonyl (C=O) groups excluding carboxylic acids is 2. The lowest BCUT2D eigenvalue weighted by atomic mass is 10.0. The predicted octanol–water partition coefficient (Wildman–Crippen LogP) is 2.59. The number of aryl methyl sites for hydroxylation is 4. The van der Waals surface area contributed by atoms with Gasteiger partial charge in [-0.15, -0.1) is 0 Å². The average Bonchev–Trinajstić information content (AvgIpc) is 3.07. The number of amides is 2. The van der Waals surface area contributed by atoms with Crippen molar-refractivity contribution < 1.29 is 9.59 Å². The van der Waals surface area contributed by atoms with Crippen LogP contribution in [-0.4, -0.2) is 18.4 Å². The van der Waals surface area contributed by atoms with E-state index >= 15 is 0 Å². The minimum Gasteiger partial charge on any atom is -0.376 e. The smallest absolute Gasteiger partial charge is 0.257 e. The van der Waals surface area contributed by atoms with Crippen LogP contribution in [0.5, 0.6) is 0 Å². The Balaban J connectivity index is 1.43. The first-order valence-corrected chi connectivity index (χ1v) is 9.01. The fraction of sp³-hybridized carbons (Fsp3) is 0.333. The molecule has 5 nitrogen and oxygen atoms in total. The van der Waals surface area contributed by atoms with Gasteiger partial charge in [-0.1, -0.05) is 35.9 Å². The Hall–Kier alpha value is -2.82. The first-order chi connectivity index (χ1) is 12.5. The normalized spacial score (nSPS) is 12.4. The second-order valence-electron chi connectivity index (χ2n) is 6.90. The molecule has 0 heterocycles. The van der Waals surface area contributed by atoms with Crippen LogP contribution in [0.2, 0.25) is 0 Å². The second kappa shape index (κ2) is 8.04. The third kappa shape index (κ3) is 4.63. The van der Waals surface area contributed by atoms with Gasteiger partial charge in [-0.25, -0.2) is 0 Å². The van der Waals surface area contributed by atoms with Gasteiger partial charge in [0.1, 0.15) is 0 Å². The van der Waals surface area contributed by atoms with Gasteiger partial charge < -0.3 is 5.32 Å². The largest absolute Gasteiger partial charge is 0.376 e. The molecular formula is C21H25N3O2. The fourth-order valence-corrected chi connectivity index (χ4v) is 3.34. The van der Waals surface area contributed by atoms with Crippen molar-refractivity contribution >= 4 is 17.5 Å². The van der Waals surface area contributed by atoms with Gasteiger partial charge in [-0.05, 0) is 61.4 Å². The summed E-state index contributed by atoms with van der Waals surface area (Å²) in [4.78, 5) is 24.0. The van der Waals surface area contributed by atoms with Gasteiger partial charge in [0.05, 0.1) is 13.0 Å². The van der Waals surface area contributed by atoms with Crippen molar-refractivity contribution in [1.82, 2.24) is 10.9 Å². The summed E-state index contributed by atoms with van der Waals surface area (Å²) in [6.07, 6.45) is 3.67. The maximum Gasteiger partial charge on any atom is 0.257 e. The van der Waals surface area contributed by atoms with Gasteiger partial charge in [0.25, 0.3) is 5.91 Å². The van der Waals surface area contributed by atoms with Crippen LogP contribution in [0.25, 0.3) is 0 Å². The van der Waals surface area contributed by atoms with Gasteiger partial charge in [-0.2, -0.15) is 0 Å². The molecule has 2 aromatic carbocycles. The Morgan fingerprint density at radius 3 is 2.50 bits per heavy atom. The summed E-state index contributed by atoms with van der Waals surface area (Å²) in [7, 11) is 0. The van der Waals surface area contributed by atoms with Crippen LogP contribution >= 0.6 is 0 Å². The number of nitrogens with one attached hydrogen (secondary N) is 3. The summed E-state index contributed by atoms with van der Waals surface area (Å²) in [5.74, 6) is -0.505. The van der Waals surface area contributed by atoms with Crippen LogP contribution in [0.15, 0.2) is 36.4 Å². The summed E-state index contributed by atoms with van der Waals surface area (Å²) in [6.45, 7) is 4.12. The van der Waals surface area contributed by atoms with Gasteiger partial charge in [-0.3, -0.25) is 20.4 Å². The van der Waals surface area contributed by atoms with Gasteiger partial charge in [0, 0.05) is 5.69 Å². The van der Waals surface area contributed by atoms with Crippen LogP contribution in [0.4, 0.5) is 5.69 Å². The van der Waals surface area contributed by atoms with Crippen molar-refractivity contribution in [3.05, 3.63) is 64.2 Å². The quantitative estimate of drug-likeness (QED) is 0.725. The maximum absolute atomic E-state index is 12.0. The highest BCUT2D eigenvalue weighted by Crippen LogP contribution is 2.22. The molecule has 26 heavy (non-hydrogen) atoms. The Morgan fingerprint density at radius 1 is 0.923 bits per heavy atom. The van der Waals surface area contributed by atoms with E-state index in [0.717, 1.165) is 29.7 Å². The first-order valence-electron chi connectivity index (χ1n) is 9.01. The number of hydrogen-bond acceptors (Lipinski definition) is 3. The third-order valence-corrected chi connectivity index (χ3v) is 4.69. The number of hydrogen-bond donors (Lipinski definition) is 3. The topological polar surface area (TPSA) is 70.2 Å². The summed E-state index contributed by atoms with van der Waals surface area (Å²) in [5, 5.41) is 3.08. The van der Waals surface area contributed by atoms with Crippen LogP contribution in [0.1, 0.15) is 34.2 Å². The van der Waals surface area contributed by atoms with Gasteiger partial charge in [0.15, 0.2) is 0 Å². The predicted molar refractivity (Wildman–Crippen MR) is 103 cm³/mol. The molecule has 3 rings (SSSR count). The molecule has 2 aromatic rings. The molecular weight excluding hydrogens is 326 g/mol. The van der Waals surface area contributed by atoms with E-state index in [1.165, 1.54) is 23.1 Å². The van der Waals surface area contributed by atoms with E-state index in [-0.39, 0.29) is 24.8 Å². The van der Waals surface area contributed by atoms with E-state index in [1.54, 1.807) is 0 Å². The van der Waals surface area contributed by atoms with Crippen LogP contribution in [-0.2, 0) is 28.9 Å². The van der Waals surface area contributed by atoms with E-state index in [2.05, 4.69) is 34.4 Å². The maximum atomic E-state index is 12.0. The van der Waals surface area contributed by atoms with Crippen LogP contribution in [0.3, 0.4) is 0 Å². The molecule has 3 N–H and O–H groups in total. The van der Waals surface area contributed by atoms with Crippen molar-refractivity contribution in [3.8, 4) is 0 Å². The SMILES string of the molecule is Cc1ccc(NCC(=O)NNC(=O)Cc2ccc3c(c2)CCC3)c(C)c1. The third-order valence-electron chi connectivity index (χ3n) is 4.69. The van der Waals surface area contributed by atoms with Crippen molar-refractivity contribution in [3.63, 3.8) is 0 Å².